The lowest BCUT2D eigenvalue weighted by atomic mass is 9.78. The number of likely N-dealkylation sites (tertiary alicyclic amines) is 3. The largest absolute Gasteiger partial charge is 0.507 e. The van der Waals surface area contributed by atoms with Crippen LogP contribution in [0.5, 0.6) is 5.75 Å². The Labute approximate surface area is 308 Å². The fraction of sp³-hybridized carbons (Fsp3) is 0.579. The monoisotopic (exact) mass is 767 g/mol. The summed E-state index contributed by atoms with van der Waals surface area (Å²) in [6.45, 7) is 6.98. The molecule has 0 aliphatic carbocycles. The number of hydrogen-bond donors (Lipinski definition) is 2. The van der Waals surface area contributed by atoms with Gasteiger partial charge in [-0.15, -0.1) is 0 Å². The first-order chi connectivity index (χ1) is 24.7. The summed E-state index contributed by atoms with van der Waals surface area (Å²) >= 11 is 3.37. The summed E-state index contributed by atoms with van der Waals surface area (Å²) in [6, 6.07) is 12.8. The van der Waals surface area contributed by atoms with Crippen molar-refractivity contribution in [2.45, 2.75) is 70.4 Å². The van der Waals surface area contributed by atoms with E-state index in [9.17, 15) is 24.3 Å². The molecule has 0 aromatic heterocycles. The molecule has 2 aromatic carbocycles. The first kappa shape index (κ1) is 36.9. The predicted molar refractivity (Wildman–Crippen MR) is 195 cm³/mol. The van der Waals surface area contributed by atoms with Crippen molar-refractivity contribution in [2.75, 3.05) is 64.3 Å². The highest BCUT2D eigenvalue weighted by molar-refractivity contribution is 9.10. The van der Waals surface area contributed by atoms with Crippen LogP contribution in [0.25, 0.3) is 0 Å². The maximum atomic E-state index is 14.0. The predicted octanol–water partition coefficient (Wildman–Crippen LogP) is 5.27. The van der Waals surface area contributed by atoms with Crippen LogP contribution in [0.15, 0.2) is 46.9 Å². The van der Waals surface area contributed by atoms with E-state index in [2.05, 4.69) is 26.1 Å². The molecule has 4 heterocycles. The fourth-order valence-electron chi connectivity index (χ4n) is 8.13. The summed E-state index contributed by atoms with van der Waals surface area (Å²) in [5, 5.41) is 13.1. The van der Waals surface area contributed by atoms with Gasteiger partial charge in [-0.2, -0.15) is 0 Å². The van der Waals surface area contributed by atoms with Gasteiger partial charge in [0.1, 0.15) is 5.75 Å². The van der Waals surface area contributed by atoms with Crippen molar-refractivity contribution < 1.29 is 33.8 Å². The lowest BCUT2D eigenvalue weighted by molar-refractivity contribution is -0.144. The number of fused-ring (bicyclic) bond motifs is 1. The minimum absolute atomic E-state index is 0.00115. The number of carbonyl (C=O) groups is 4. The molecule has 0 spiro atoms. The minimum Gasteiger partial charge on any atom is -0.507 e. The topological polar surface area (TPSA) is 132 Å². The van der Waals surface area contributed by atoms with Crippen LogP contribution in [-0.4, -0.2) is 120 Å². The number of nitrogens with one attached hydrogen (secondary N) is 1. The molecule has 3 saturated heterocycles. The Morgan fingerprint density at radius 3 is 2.25 bits per heavy atom. The van der Waals surface area contributed by atoms with E-state index in [1.165, 1.54) is 0 Å². The third-order valence-electron chi connectivity index (χ3n) is 11.1. The highest BCUT2D eigenvalue weighted by Crippen LogP contribution is 2.33. The standard InChI is InChI=1S/C38H50BrN5O7/c1-2-50-35(46)25-41-16-9-27(10-17-41)28-11-18-42(19-12-28)36(47)34(24-26-7-8-33(45)31(39)23-26)51-38(49)43-20-14-30(15-21-43)44-22-13-29-5-3-4-6-32(29)40-37(44)48/h3-8,23,27-28,30,34,45H,2,9-22,24-25H2,1H3,(H,40,48)/t34-/m1/s1. The minimum atomic E-state index is -1.01. The summed E-state index contributed by atoms with van der Waals surface area (Å²) in [5.41, 5.74) is 2.73. The van der Waals surface area contributed by atoms with Crippen LogP contribution in [0.1, 0.15) is 56.6 Å². The number of hydrogen-bond acceptors (Lipinski definition) is 8. The van der Waals surface area contributed by atoms with E-state index in [0.29, 0.717) is 75.0 Å². The van der Waals surface area contributed by atoms with Gasteiger partial charge < -0.3 is 34.6 Å². The maximum Gasteiger partial charge on any atom is 0.410 e. The second-order valence-corrected chi connectivity index (χ2v) is 15.0. The zero-order valence-corrected chi connectivity index (χ0v) is 31.0. The SMILES string of the molecule is CCOC(=O)CN1CCC(C2CCN(C(=O)[C@@H](Cc3ccc(O)c(Br)c3)OC(=O)N3CCC(N4CCc5ccccc5NC4=O)CC3)CC2)CC1. The first-order valence-electron chi connectivity index (χ1n) is 18.4. The quantitative estimate of drug-likeness (QED) is 0.330. The van der Waals surface area contributed by atoms with Gasteiger partial charge in [0.15, 0.2) is 6.10 Å². The molecule has 276 valence electrons. The third kappa shape index (κ3) is 9.34. The number of aromatic hydroxyl groups is 1. The molecule has 12 nitrogen and oxygen atoms in total. The van der Waals surface area contributed by atoms with Gasteiger partial charge in [-0.25, -0.2) is 9.59 Å². The van der Waals surface area contributed by atoms with Gasteiger partial charge in [-0.05, 0) is 122 Å². The summed E-state index contributed by atoms with van der Waals surface area (Å²) in [5.74, 6) is 0.788. The van der Waals surface area contributed by atoms with Gasteiger partial charge in [0.05, 0.1) is 17.6 Å². The van der Waals surface area contributed by atoms with E-state index in [1.54, 1.807) is 23.1 Å². The molecule has 2 aromatic rings. The number of piperidine rings is 3. The maximum absolute atomic E-state index is 14.0. The van der Waals surface area contributed by atoms with Crippen molar-refractivity contribution >= 4 is 45.6 Å². The molecule has 2 N–H and O–H groups in total. The second kappa shape index (κ2) is 17.1. The highest BCUT2D eigenvalue weighted by atomic mass is 79.9. The molecule has 6 rings (SSSR count). The van der Waals surface area contributed by atoms with Crippen molar-refractivity contribution in [3.05, 3.63) is 58.1 Å². The molecule has 51 heavy (non-hydrogen) atoms. The molecule has 4 aliphatic rings. The summed E-state index contributed by atoms with van der Waals surface area (Å²) < 4.78 is 11.6. The van der Waals surface area contributed by atoms with Crippen LogP contribution >= 0.6 is 15.9 Å². The van der Waals surface area contributed by atoms with Gasteiger partial charge in [0.2, 0.25) is 0 Å². The Morgan fingerprint density at radius 1 is 0.902 bits per heavy atom. The number of esters is 1. The molecular formula is C38H50BrN5O7. The molecule has 0 unspecified atom stereocenters. The number of nitrogens with zero attached hydrogens (tertiary/aromatic N) is 4. The van der Waals surface area contributed by atoms with Gasteiger partial charge in [-0.3, -0.25) is 14.5 Å². The van der Waals surface area contributed by atoms with Crippen LogP contribution in [0, 0.1) is 11.8 Å². The van der Waals surface area contributed by atoms with Gasteiger partial charge in [0, 0.05) is 50.9 Å². The number of carbonyl (C=O) groups excluding carboxylic acids is 4. The Kier molecular flexibility index (Phi) is 12.4. The van der Waals surface area contributed by atoms with Crippen molar-refractivity contribution in [3.63, 3.8) is 0 Å². The average molecular weight is 769 g/mol. The van der Waals surface area contributed by atoms with E-state index in [-0.39, 0.29) is 36.1 Å². The van der Waals surface area contributed by atoms with Gasteiger partial charge >= 0.3 is 18.1 Å². The lowest BCUT2D eigenvalue weighted by Gasteiger charge is -2.41. The molecule has 0 saturated carbocycles. The highest BCUT2D eigenvalue weighted by Gasteiger charge is 2.37. The normalized spacial score (nSPS) is 20.3. The van der Waals surface area contributed by atoms with Gasteiger partial charge in [0.25, 0.3) is 5.91 Å². The zero-order valence-electron chi connectivity index (χ0n) is 29.4. The Balaban J connectivity index is 1.03. The molecule has 1 atom stereocenters. The summed E-state index contributed by atoms with van der Waals surface area (Å²) in [7, 11) is 0. The Morgan fingerprint density at radius 2 is 1.57 bits per heavy atom. The van der Waals surface area contributed by atoms with E-state index >= 15 is 0 Å². The number of phenols is 1. The molecule has 4 amide bonds. The van der Waals surface area contributed by atoms with Crippen LogP contribution < -0.4 is 5.32 Å². The average Bonchev–Trinajstić information content (AvgIpc) is 3.31. The smallest absolute Gasteiger partial charge is 0.410 e. The van der Waals surface area contributed by atoms with E-state index < -0.39 is 12.2 Å². The van der Waals surface area contributed by atoms with Crippen molar-refractivity contribution in [1.29, 1.82) is 0 Å². The van der Waals surface area contributed by atoms with E-state index in [1.807, 2.05) is 41.0 Å². The number of rotatable bonds is 9. The summed E-state index contributed by atoms with van der Waals surface area (Å²) in [4.78, 5) is 60.2. The van der Waals surface area contributed by atoms with Crippen molar-refractivity contribution in [2.24, 2.45) is 11.8 Å². The lowest BCUT2D eigenvalue weighted by Crippen LogP contribution is -2.52. The Bertz CT molecular complexity index is 1550. The number of para-hydroxylation sites is 1. The molecule has 13 heteroatoms. The number of urea groups is 1. The number of ether oxygens (including phenoxy) is 2. The van der Waals surface area contributed by atoms with E-state index in [0.717, 1.165) is 62.0 Å². The summed E-state index contributed by atoms with van der Waals surface area (Å²) in [6.07, 6.45) is 4.50. The Hall–Kier alpha value is -3.84. The second-order valence-electron chi connectivity index (χ2n) is 14.2. The van der Waals surface area contributed by atoms with Crippen LogP contribution in [0.4, 0.5) is 15.3 Å². The van der Waals surface area contributed by atoms with Crippen LogP contribution in [0.2, 0.25) is 0 Å². The number of halogens is 1. The molecular weight excluding hydrogens is 718 g/mol. The van der Waals surface area contributed by atoms with Crippen LogP contribution in [-0.2, 0) is 31.9 Å². The number of phenolic OH excluding ortho intramolecular Hbond substituents is 1. The number of amides is 4. The zero-order chi connectivity index (χ0) is 35.9. The first-order valence-corrected chi connectivity index (χ1v) is 19.2. The van der Waals surface area contributed by atoms with Crippen molar-refractivity contribution in [3.8, 4) is 5.75 Å². The fourth-order valence-corrected chi connectivity index (χ4v) is 8.56. The van der Waals surface area contributed by atoms with Crippen LogP contribution in [0.3, 0.4) is 0 Å². The molecule has 0 bridgehead atoms. The molecule has 0 radical (unpaired) electrons. The molecule has 3 fully saturated rings. The van der Waals surface area contributed by atoms with Crippen molar-refractivity contribution in [1.82, 2.24) is 19.6 Å². The third-order valence-corrected chi connectivity index (χ3v) is 11.7. The van der Waals surface area contributed by atoms with E-state index in [4.69, 9.17) is 9.47 Å². The number of benzene rings is 2. The number of anilines is 1. The van der Waals surface area contributed by atoms with Gasteiger partial charge in [-0.1, -0.05) is 24.3 Å². The molecule has 4 aliphatic heterocycles.